The fourth-order valence-electron chi connectivity index (χ4n) is 9.90. The second-order valence-electron chi connectivity index (χ2n) is 14.5. The molecule has 5 rings (SSSR count). The molecule has 8 atom stereocenters. The largest absolute Gasteiger partial charge is 0.462 e. The maximum absolute atomic E-state index is 13.2. The van der Waals surface area contributed by atoms with Crippen molar-refractivity contribution in [3.05, 3.63) is 59.2 Å². The zero-order valence-electron chi connectivity index (χ0n) is 25.9. The van der Waals surface area contributed by atoms with Crippen molar-refractivity contribution in [1.29, 1.82) is 0 Å². The fraction of sp³-hybridized carbons (Fsp3) is 0.657. The summed E-state index contributed by atoms with van der Waals surface area (Å²) in [7, 11) is 4.47. The van der Waals surface area contributed by atoms with Crippen LogP contribution < -0.4 is 5.32 Å². The van der Waals surface area contributed by atoms with Crippen molar-refractivity contribution < 1.29 is 14.3 Å². The average Bonchev–Trinajstić information content (AvgIpc) is 2.98. The van der Waals surface area contributed by atoms with Crippen LogP contribution in [-0.2, 0) is 9.53 Å². The number of nitrogens with one attached hydrogen (secondary N) is 1. The molecule has 0 radical (unpaired) electrons. The first-order valence-electron chi connectivity index (χ1n) is 15.4. The van der Waals surface area contributed by atoms with Gasteiger partial charge in [0.2, 0.25) is 0 Å². The van der Waals surface area contributed by atoms with Gasteiger partial charge in [0.25, 0.3) is 5.91 Å². The molecule has 5 nitrogen and oxygen atoms in total. The predicted octanol–water partition coefficient (Wildman–Crippen LogP) is 6.80. The summed E-state index contributed by atoms with van der Waals surface area (Å²) in [6.45, 7) is 13.4. The molecule has 0 spiro atoms. The average molecular weight is 547 g/mol. The summed E-state index contributed by atoms with van der Waals surface area (Å²) in [6.07, 6.45) is 11.4. The third-order valence-corrected chi connectivity index (χ3v) is 11.9. The highest BCUT2D eigenvalue weighted by molar-refractivity contribution is 5.94. The summed E-state index contributed by atoms with van der Waals surface area (Å²) in [4.78, 5) is 28.0. The molecule has 2 fully saturated rings. The van der Waals surface area contributed by atoms with Gasteiger partial charge in [0.1, 0.15) is 6.10 Å². The van der Waals surface area contributed by atoms with Crippen molar-refractivity contribution in [3.63, 3.8) is 0 Å². The number of rotatable bonds is 5. The van der Waals surface area contributed by atoms with Crippen LogP contribution in [0, 0.1) is 34.0 Å². The minimum atomic E-state index is -0.235. The third kappa shape index (κ3) is 4.66. The number of ether oxygens (including phenoxy) is 1. The Morgan fingerprint density at radius 2 is 1.68 bits per heavy atom. The zero-order chi connectivity index (χ0) is 29.0. The molecule has 1 amide bonds. The van der Waals surface area contributed by atoms with E-state index in [1.165, 1.54) is 31.8 Å². The van der Waals surface area contributed by atoms with Crippen molar-refractivity contribution in [2.24, 2.45) is 34.0 Å². The monoisotopic (exact) mass is 546 g/mol. The number of fused-ring (bicyclic) bond motifs is 4. The molecule has 218 valence electrons. The van der Waals surface area contributed by atoms with Gasteiger partial charge >= 0.3 is 5.97 Å². The number of esters is 1. The Labute approximate surface area is 241 Å². The molecule has 5 heteroatoms. The Morgan fingerprint density at radius 3 is 2.33 bits per heavy atom. The minimum Gasteiger partial charge on any atom is -0.462 e. The van der Waals surface area contributed by atoms with Gasteiger partial charge in [-0.2, -0.15) is 0 Å². The zero-order valence-corrected chi connectivity index (χ0v) is 25.9. The van der Waals surface area contributed by atoms with Crippen LogP contribution >= 0.6 is 0 Å². The van der Waals surface area contributed by atoms with E-state index in [2.05, 4.69) is 71.1 Å². The molecule has 40 heavy (non-hydrogen) atoms. The van der Waals surface area contributed by atoms with E-state index in [-0.39, 0.29) is 46.2 Å². The molecule has 1 aromatic rings. The summed E-state index contributed by atoms with van der Waals surface area (Å²) >= 11 is 0. The van der Waals surface area contributed by atoms with E-state index < -0.39 is 0 Å². The summed E-state index contributed by atoms with van der Waals surface area (Å²) in [6, 6.07) is 9.86. The Balaban J connectivity index is 1.47. The van der Waals surface area contributed by atoms with Crippen molar-refractivity contribution in [2.45, 2.75) is 98.3 Å². The second kappa shape index (κ2) is 10.5. The van der Waals surface area contributed by atoms with Crippen LogP contribution in [0.5, 0.6) is 0 Å². The molecular formula is C35H50N2O3. The van der Waals surface area contributed by atoms with Crippen LogP contribution in [0.25, 0.3) is 0 Å². The lowest BCUT2D eigenvalue weighted by Crippen LogP contribution is -2.52. The number of hydrogen-bond acceptors (Lipinski definition) is 4. The van der Waals surface area contributed by atoms with Crippen molar-refractivity contribution in [1.82, 2.24) is 10.2 Å². The van der Waals surface area contributed by atoms with Gasteiger partial charge < -0.3 is 15.0 Å². The summed E-state index contributed by atoms with van der Waals surface area (Å²) in [5, 5.41) is 3.30. The number of amides is 1. The standard InChI is InChI=1S/C35H50N2O3/c1-22(36-32(39)24-12-10-9-11-13-24)31-29(40-23(2)38)21-35(6)28-16-15-27-25(20-26(28)18-19-34(31,35)5)14-17-30(37(7)8)33(27,3)4/h9-13,18,20,22,27-31H,14-17,19,21H2,1-8H3,(H,36,39). The first kappa shape index (κ1) is 29.1. The number of carbonyl (C=O) groups is 2. The smallest absolute Gasteiger partial charge is 0.302 e. The van der Waals surface area contributed by atoms with Gasteiger partial charge in [-0.3, -0.25) is 9.59 Å². The number of benzene rings is 1. The highest BCUT2D eigenvalue weighted by Gasteiger charge is 2.65. The second-order valence-corrected chi connectivity index (χ2v) is 14.5. The van der Waals surface area contributed by atoms with Crippen LogP contribution in [0.4, 0.5) is 0 Å². The van der Waals surface area contributed by atoms with Gasteiger partial charge in [0.05, 0.1) is 0 Å². The van der Waals surface area contributed by atoms with E-state index in [9.17, 15) is 9.59 Å². The molecule has 4 aliphatic rings. The van der Waals surface area contributed by atoms with E-state index in [1.807, 2.05) is 30.3 Å². The Morgan fingerprint density at radius 1 is 1.00 bits per heavy atom. The Kier molecular flexibility index (Phi) is 7.61. The van der Waals surface area contributed by atoms with E-state index in [1.54, 1.807) is 5.57 Å². The minimum absolute atomic E-state index is 0.0274. The predicted molar refractivity (Wildman–Crippen MR) is 161 cm³/mol. The van der Waals surface area contributed by atoms with Crippen LogP contribution in [0.3, 0.4) is 0 Å². The lowest BCUT2D eigenvalue weighted by molar-refractivity contribution is -0.149. The fourth-order valence-corrected chi connectivity index (χ4v) is 9.90. The Hall–Kier alpha value is -2.40. The van der Waals surface area contributed by atoms with Gasteiger partial charge in [0.15, 0.2) is 0 Å². The van der Waals surface area contributed by atoms with E-state index in [4.69, 9.17) is 4.74 Å². The van der Waals surface area contributed by atoms with Gasteiger partial charge in [-0.25, -0.2) is 0 Å². The van der Waals surface area contributed by atoms with Crippen LogP contribution in [0.15, 0.2) is 53.6 Å². The molecule has 1 N–H and O–H groups in total. The van der Waals surface area contributed by atoms with Crippen LogP contribution in [0.2, 0.25) is 0 Å². The molecule has 2 saturated carbocycles. The first-order chi connectivity index (χ1) is 18.8. The van der Waals surface area contributed by atoms with Gasteiger partial charge in [0, 0.05) is 30.5 Å². The molecule has 0 aromatic heterocycles. The summed E-state index contributed by atoms with van der Waals surface area (Å²) < 4.78 is 6.10. The SMILES string of the molecule is CC(=O)OC1CC2(C)C3CCC4C(=CC3=CCC2(C)C1C(C)NC(=O)c1ccccc1)CCC(N(C)C)C4(C)C. The summed E-state index contributed by atoms with van der Waals surface area (Å²) in [5.74, 6) is 0.721. The molecule has 8 unspecified atom stereocenters. The number of carbonyl (C=O) groups excluding carboxylic acids is 2. The highest BCUT2D eigenvalue weighted by atomic mass is 16.5. The molecule has 4 aliphatic carbocycles. The molecule has 0 saturated heterocycles. The van der Waals surface area contributed by atoms with Gasteiger partial charge in [-0.15, -0.1) is 0 Å². The number of allylic oxidation sites excluding steroid dienone is 4. The van der Waals surface area contributed by atoms with Crippen LogP contribution in [-0.4, -0.2) is 49.1 Å². The van der Waals surface area contributed by atoms with Gasteiger partial charge in [-0.1, -0.05) is 63.6 Å². The molecule has 1 aromatic carbocycles. The van der Waals surface area contributed by atoms with Crippen molar-refractivity contribution >= 4 is 11.9 Å². The maximum atomic E-state index is 13.2. The molecule has 0 heterocycles. The normalized spacial score (nSPS) is 37.2. The summed E-state index contributed by atoms with van der Waals surface area (Å²) in [5.41, 5.74) is 3.87. The van der Waals surface area contributed by atoms with Crippen molar-refractivity contribution in [2.75, 3.05) is 14.1 Å². The third-order valence-electron chi connectivity index (χ3n) is 11.9. The van der Waals surface area contributed by atoms with E-state index >= 15 is 0 Å². The van der Waals surface area contributed by atoms with Crippen LogP contribution in [0.1, 0.15) is 90.4 Å². The number of nitrogens with zero attached hydrogens (tertiary/aromatic N) is 1. The van der Waals surface area contributed by atoms with E-state index in [0.29, 0.717) is 23.4 Å². The lowest BCUT2D eigenvalue weighted by atomic mass is 9.51. The lowest BCUT2D eigenvalue weighted by Gasteiger charge is -2.53. The Bertz CT molecular complexity index is 1200. The highest BCUT2D eigenvalue weighted by Crippen LogP contribution is 2.68. The first-order valence-corrected chi connectivity index (χ1v) is 15.4. The topological polar surface area (TPSA) is 58.6 Å². The maximum Gasteiger partial charge on any atom is 0.302 e. The molecular weight excluding hydrogens is 496 g/mol. The van der Waals surface area contributed by atoms with Crippen molar-refractivity contribution in [3.8, 4) is 0 Å². The van der Waals surface area contributed by atoms with Gasteiger partial charge in [-0.05, 0) is 105 Å². The number of hydrogen-bond donors (Lipinski definition) is 1. The molecule has 0 bridgehead atoms. The van der Waals surface area contributed by atoms with E-state index in [0.717, 1.165) is 19.3 Å². The quantitative estimate of drug-likeness (QED) is 0.413. The molecule has 0 aliphatic heterocycles.